The lowest BCUT2D eigenvalue weighted by Crippen LogP contribution is -2.16. The highest BCUT2D eigenvalue weighted by Gasteiger charge is 2.19. The Kier molecular flexibility index (Phi) is 5.93. The molecule has 140 valence electrons. The molecule has 0 spiro atoms. The third-order valence-corrected chi connectivity index (χ3v) is 5.33. The first-order valence-electron chi connectivity index (χ1n) is 8.58. The number of anilines is 1. The molecule has 1 amide bonds. The molecule has 0 unspecified atom stereocenters. The molecule has 2 aromatic carbocycles. The Morgan fingerprint density at radius 3 is 2.44 bits per heavy atom. The Morgan fingerprint density at radius 2 is 1.78 bits per heavy atom. The molecule has 0 fully saturated rings. The molecule has 1 atom stereocenters. The number of rotatable bonds is 6. The van der Waals surface area contributed by atoms with E-state index in [9.17, 15) is 9.90 Å². The van der Waals surface area contributed by atoms with Gasteiger partial charge in [0.2, 0.25) is 5.91 Å². The van der Waals surface area contributed by atoms with Crippen LogP contribution in [0, 0.1) is 13.8 Å². The van der Waals surface area contributed by atoms with E-state index in [1.54, 1.807) is 11.6 Å². The summed E-state index contributed by atoms with van der Waals surface area (Å²) in [6, 6.07) is 15.2. The Labute approximate surface area is 162 Å². The zero-order valence-electron chi connectivity index (χ0n) is 15.5. The molecule has 0 aliphatic heterocycles. The second kappa shape index (κ2) is 8.37. The Balaban J connectivity index is 1.65. The van der Waals surface area contributed by atoms with Crippen LogP contribution in [0.15, 0.2) is 53.7 Å². The molecule has 0 saturated heterocycles. The minimum atomic E-state index is -0.860. The maximum Gasteiger partial charge on any atom is 0.234 e. The molecular formula is C20H22N4O2S. The van der Waals surface area contributed by atoms with Gasteiger partial charge in [0.05, 0.1) is 5.75 Å². The maximum absolute atomic E-state index is 12.3. The largest absolute Gasteiger partial charge is 0.380 e. The smallest absolute Gasteiger partial charge is 0.234 e. The van der Waals surface area contributed by atoms with E-state index in [-0.39, 0.29) is 11.7 Å². The number of aliphatic hydroxyl groups is 1. The highest BCUT2D eigenvalue weighted by atomic mass is 32.2. The van der Waals surface area contributed by atoms with Gasteiger partial charge in [0, 0.05) is 12.7 Å². The number of amides is 1. The summed E-state index contributed by atoms with van der Waals surface area (Å²) < 4.78 is 1.72. The molecule has 0 radical (unpaired) electrons. The lowest BCUT2D eigenvalue weighted by Gasteiger charge is -2.12. The summed E-state index contributed by atoms with van der Waals surface area (Å²) in [4.78, 5) is 12.3. The Morgan fingerprint density at radius 1 is 1.11 bits per heavy atom. The van der Waals surface area contributed by atoms with Crippen molar-refractivity contribution in [1.29, 1.82) is 0 Å². The third-order valence-electron chi connectivity index (χ3n) is 4.31. The SMILES string of the molecule is Cc1cccc(C)c1NC(=O)CSc1nnc([C@@H](O)c2ccccc2)n1C. The molecule has 0 bridgehead atoms. The first kappa shape index (κ1) is 19.1. The van der Waals surface area contributed by atoms with Crippen LogP contribution < -0.4 is 5.32 Å². The van der Waals surface area contributed by atoms with Crippen LogP contribution in [-0.2, 0) is 11.8 Å². The average Bonchev–Trinajstić information content (AvgIpc) is 3.04. The van der Waals surface area contributed by atoms with E-state index in [1.807, 2.05) is 62.4 Å². The summed E-state index contributed by atoms with van der Waals surface area (Å²) in [5.74, 6) is 0.547. The predicted octanol–water partition coefficient (Wildman–Crippen LogP) is 3.24. The lowest BCUT2D eigenvalue weighted by atomic mass is 10.1. The van der Waals surface area contributed by atoms with Crippen LogP contribution >= 0.6 is 11.8 Å². The quantitative estimate of drug-likeness (QED) is 0.640. The lowest BCUT2D eigenvalue weighted by molar-refractivity contribution is -0.113. The average molecular weight is 382 g/mol. The first-order valence-corrected chi connectivity index (χ1v) is 9.57. The van der Waals surface area contributed by atoms with Crippen LogP contribution in [0.2, 0.25) is 0 Å². The fourth-order valence-corrected chi connectivity index (χ4v) is 3.51. The van der Waals surface area contributed by atoms with Gasteiger partial charge in [-0.3, -0.25) is 4.79 Å². The molecule has 0 aliphatic rings. The zero-order valence-corrected chi connectivity index (χ0v) is 16.3. The van der Waals surface area contributed by atoms with Gasteiger partial charge in [0.25, 0.3) is 0 Å². The van der Waals surface area contributed by atoms with Gasteiger partial charge in [-0.1, -0.05) is 60.3 Å². The highest BCUT2D eigenvalue weighted by Crippen LogP contribution is 2.24. The molecule has 6 nitrogen and oxygen atoms in total. The molecule has 3 aromatic rings. The van der Waals surface area contributed by atoms with E-state index < -0.39 is 6.10 Å². The molecule has 7 heteroatoms. The van der Waals surface area contributed by atoms with Gasteiger partial charge in [0.15, 0.2) is 11.0 Å². The number of nitrogens with zero attached hydrogens (tertiary/aromatic N) is 3. The summed E-state index contributed by atoms with van der Waals surface area (Å²) in [5.41, 5.74) is 3.65. The molecule has 1 aromatic heterocycles. The fourth-order valence-electron chi connectivity index (χ4n) is 2.79. The molecule has 1 heterocycles. The van der Waals surface area contributed by atoms with Crippen LogP contribution in [0.5, 0.6) is 0 Å². The second-order valence-corrected chi connectivity index (χ2v) is 7.26. The van der Waals surface area contributed by atoms with Gasteiger partial charge in [0.1, 0.15) is 6.10 Å². The van der Waals surface area contributed by atoms with E-state index in [1.165, 1.54) is 11.8 Å². The van der Waals surface area contributed by atoms with E-state index in [2.05, 4.69) is 15.5 Å². The van der Waals surface area contributed by atoms with Crippen LogP contribution in [-0.4, -0.2) is 31.5 Å². The number of thioether (sulfide) groups is 1. The summed E-state index contributed by atoms with van der Waals surface area (Å²) >= 11 is 1.29. The van der Waals surface area contributed by atoms with Crippen LogP contribution in [0.25, 0.3) is 0 Å². The zero-order chi connectivity index (χ0) is 19.4. The second-order valence-electron chi connectivity index (χ2n) is 6.32. The van der Waals surface area contributed by atoms with Crippen LogP contribution in [0.4, 0.5) is 5.69 Å². The van der Waals surface area contributed by atoms with Crippen LogP contribution in [0.1, 0.15) is 28.6 Å². The molecule has 0 saturated carbocycles. The molecule has 27 heavy (non-hydrogen) atoms. The van der Waals surface area contributed by atoms with Gasteiger partial charge < -0.3 is 15.0 Å². The standard InChI is InChI=1S/C20H22N4O2S/c1-13-8-7-9-14(2)17(13)21-16(25)12-27-20-23-22-19(24(20)3)18(26)15-10-5-4-6-11-15/h4-11,18,26H,12H2,1-3H3,(H,21,25)/t18-/m0/s1. The van der Waals surface area contributed by atoms with E-state index >= 15 is 0 Å². The predicted molar refractivity (Wildman–Crippen MR) is 107 cm³/mol. The third kappa shape index (κ3) is 4.37. The minimum Gasteiger partial charge on any atom is -0.380 e. The van der Waals surface area contributed by atoms with Crippen LogP contribution in [0.3, 0.4) is 0 Å². The van der Waals surface area contributed by atoms with Crippen molar-refractivity contribution in [3.8, 4) is 0 Å². The molecule has 0 aliphatic carbocycles. The van der Waals surface area contributed by atoms with Crippen molar-refractivity contribution in [2.24, 2.45) is 7.05 Å². The van der Waals surface area contributed by atoms with E-state index in [0.29, 0.717) is 11.0 Å². The topological polar surface area (TPSA) is 80.0 Å². The number of hydrogen-bond donors (Lipinski definition) is 2. The number of aliphatic hydroxyl groups excluding tert-OH is 1. The molecule has 3 rings (SSSR count). The number of aromatic nitrogens is 3. The van der Waals surface area contributed by atoms with Gasteiger partial charge in [-0.25, -0.2) is 0 Å². The van der Waals surface area contributed by atoms with Crippen molar-refractivity contribution in [2.45, 2.75) is 25.1 Å². The maximum atomic E-state index is 12.3. The number of nitrogens with one attached hydrogen (secondary N) is 1. The fraction of sp³-hybridized carbons (Fsp3) is 0.250. The van der Waals surface area contributed by atoms with Crippen molar-refractivity contribution >= 4 is 23.4 Å². The number of carbonyl (C=O) groups excluding carboxylic acids is 1. The van der Waals surface area contributed by atoms with Gasteiger partial charge >= 0.3 is 0 Å². The summed E-state index contributed by atoms with van der Waals surface area (Å²) in [6.45, 7) is 3.94. The Bertz CT molecular complexity index is 920. The summed E-state index contributed by atoms with van der Waals surface area (Å²) in [7, 11) is 1.78. The van der Waals surface area contributed by atoms with Gasteiger partial charge in [-0.05, 0) is 30.5 Å². The van der Waals surface area contributed by atoms with Gasteiger partial charge in [-0.15, -0.1) is 10.2 Å². The van der Waals surface area contributed by atoms with Crippen molar-refractivity contribution in [3.63, 3.8) is 0 Å². The van der Waals surface area contributed by atoms with Gasteiger partial charge in [-0.2, -0.15) is 0 Å². The summed E-state index contributed by atoms with van der Waals surface area (Å²) in [5, 5.41) is 22.2. The molecular weight excluding hydrogens is 360 g/mol. The number of hydrogen-bond acceptors (Lipinski definition) is 5. The Hall–Kier alpha value is -2.64. The van der Waals surface area contributed by atoms with Crippen molar-refractivity contribution < 1.29 is 9.90 Å². The monoisotopic (exact) mass is 382 g/mol. The number of aryl methyl sites for hydroxylation is 2. The normalized spacial score (nSPS) is 12.0. The number of benzene rings is 2. The van der Waals surface area contributed by atoms with Crippen molar-refractivity contribution in [3.05, 3.63) is 71.0 Å². The molecule has 2 N–H and O–H groups in total. The van der Waals surface area contributed by atoms with Crippen molar-refractivity contribution in [2.75, 3.05) is 11.1 Å². The number of carbonyl (C=O) groups is 1. The van der Waals surface area contributed by atoms with E-state index in [0.717, 1.165) is 22.4 Å². The van der Waals surface area contributed by atoms with E-state index in [4.69, 9.17) is 0 Å². The van der Waals surface area contributed by atoms with Crippen molar-refractivity contribution in [1.82, 2.24) is 14.8 Å². The summed E-state index contributed by atoms with van der Waals surface area (Å²) in [6.07, 6.45) is -0.860. The number of para-hydroxylation sites is 1. The highest BCUT2D eigenvalue weighted by molar-refractivity contribution is 7.99. The minimum absolute atomic E-state index is 0.106. The first-order chi connectivity index (χ1) is 13.0.